The number of alkyl halides is 2. The molecule has 1 saturated heterocycles. The van der Waals surface area contributed by atoms with Crippen molar-refractivity contribution in [1.29, 1.82) is 0 Å². The van der Waals surface area contributed by atoms with Crippen LogP contribution in [0.2, 0.25) is 0 Å². The molecule has 0 amide bonds. The number of rotatable bonds is 9. The van der Waals surface area contributed by atoms with E-state index < -0.39 is 39.0 Å². The lowest BCUT2D eigenvalue weighted by Gasteiger charge is -2.38. The van der Waals surface area contributed by atoms with Crippen molar-refractivity contribution in [2.75, 3.05) is 26.2 Å². The Morgan fingerprint density at radius 2 is 1.71 bits per heavy atom. The molecule has 0 bridgehead atoms. The van der Waals surface area contributed by atoms with Crippen molar-refractivity contribution in [2.45, 2.75) is 68.6 Å². The van der Waals surface area contributed by atoms with E-state index in [9.17, 15) is 26.7 Å². The van der Waals surface area contributed by atoms with Gasteiger partial charge in [0.05, 0.1) is 6.54 Å². The molecule has 1 fully saturated rings. The van der Waals surface area contributed by atoms with Crippen LogP contribution in [-0.2, 0) is 14.8 Å². The van der Waals surface area contributed by atoms with Crippen LogP contribution in [0, 0.1) is 5.82 Å². The van der Waals surface area contributed by atoms with Gasteiger partial charge in [0, 0.05) is 13.0 Å². The number of piperidine rings is 1. The fourth-order valence-electron chi connectivity index (χ4n) is 5.71. The number of hydrogen-bond acceptors (Lipinski definition) is 5. The van der Waals surface area contributed by atoms with Crippen molar-refractivity contribution in [2.24, 2.45) is 4.40 Å². The molecule has 2 aliphatic rings. The summed E-state index contributed by atoms with van der Waals surface area (Å²) in [5, 5.41) is 8.49. The van der Waals surface area contributed by atoms with E-state index in [2.05, 4.69) is 4.40 Å². The lowest BCUT2D eigenvalue weighted by Crippen LogP contribution is -2.43. The largest absolute Gasteiger partial charge is 0.472 e. The number of aliphatic hydroxyl groups is 1. The quantitative estimate of drug-likeness (QED) is 0.451. The fraction of sp³-hybridized carbons (Fsp3) is 0.536. The molecule has 2 heterocycles. The Balaban J connectivity index is 1.51. The lowest BCUT2D eigenvalue weighted by molar-refractivity contribution is 0.0752. The summed E-state index contributed by atoms with van der Waals surface area (Å²) in [6.07, 6.45) is -0.521. The first-order valence-electron chi connectivity index (χ1n) is 13.0. The van der Waals surface area contributed by atoms with Crippen molar-refractivity contribution in [3.05, 3.63) is 71.0 Å². The predicted octanol–water partition coefficient (Wildman–Crippen LogP) is 5.40. The SMILES string of the molecule is CC1(C)OC(C[C@@H](CCO)c2ccccc2F)=NS(=O)(=O)C1c1ccc(C2CCN(CC(F)F)CC2)cc1. The van der Waals surface area contributed by atoms with Crippen molar-refractivity contribution in [3.63, 3.8) is 0 Å². The standard InChI is InChI=1S/C28H35F3N2O4S/c1-28(2)27(21-9-7-19(8-10-21)20-11-14-33(15-12-20)18-25(30)31)38(35,36)32-26(37-28)17-22(13-16-34)23-5-3-4-6-24(23)29/h3-10,20,22,25,27,34H,11-18H2,1-2H3/t22-,27?/m1/s1. The third kappa shape index (κ3) is 6.58. The third-order valence-corrected chi connectivity index (χ3v) is 9.37. The summed E-state index contributed by atoms with van der Waals surface area (Å²) in [4.78, 5) is 1.77. The van der Waals surface area contributed by atoms with E-state index in [0.29, 0.717) is 24.2 Å². The topological polar surface area (TPSA) is 79.2 Å². The zero-order valence-corrected chi connectivity index (χ0v) is 22.5. The molecule has 2 atom stereocenters. The smallest absolute Gasteiger partial charge is 0.267 e. The number of ether oxygens (including phenoxy) is 1. The van der Waals surface area contributed by atoms with Gasteiger partial charge >= 0.3 is 0 Å². The molecule has 0 saturated carbocycles. The van der Waals surface area contributed by atoms with Crippen LogP contribution in [0.3, 0.4) is 0 Å². The Hall–Kier alpha value is -2.43. The Morgan fingerprint density at radius 3 is 2.29 bits per heavy atom. The van der Waals surface area contributed by atoms with Gasteiger partial charge in [-0.1, -0.05) is 42.5 Å². The summed E-state index contributed by atoms with van der Waals surface area (Å²) >= 11 is 0. The van der Waals surface area contributed by atoms with Crippen LogP contribution < -0.4 is 0 Å². The Bertz CT molecular complexity index is 1230. The third-order valence-electron chi connectivity index (χ3n) is 7.48. The normalized spacial score (nSPS) is 22.6. The maximum Gasteiger partial charge on any atom is 0.267 e. The minimum Gasteiger partial charge on any atom is -0.472 e. The molecule has 1 unspecified atom stereocenters. The summed E-state index contributed by atoms with van der Waals surface area (Å²) in [6, 6.07) is 13.6. The average molecular weight is 553 g/mol. The molecule has 0 radical (unpaired) electrons. The van der Waals surface area contributed by atoms with Gasteiger partial charge in [0.25, 0.3) is 16.4 Å². The van der Waals surface area contributed by atoms with Crippen LogP contribution in [0.1, 0.15) is 73.3 Å². The first-order chi connectivity index (χ1) is 18.0. The molecule has 0 aromatic heterocycles. The molecular formula is C28H35F3N2O4S. The van der Waals surface area contributed by atoms with Gasteiger partial charge in [0.2, 0.25) is 5.90 Å². The van der Waals surface area contributed by atoms with Gasteiger partial charge < -0.3 is 9.84 Å². The van der Waals surface area contributed by atoms with E-state index in [1.165, 1.54) is 6.07 Å². The van der Waals surface area contributed by atoms with Gasteiger partial charge in [0.15, 0.2) is 0 Å². The van der Waals surface area contributed by atoms with Crippen molar-refractivity contribution in [3.8, 4) is 0 Å². The predicted molar refractivity (Wildman–Crippen MR) is 141 cm³/mol. The first-order valence-corrected chi connectivity index (χ1v) is 14.5. The Labute approximate surface area is 222 Å². The van der Waals surface area contributed by atoms with Gasteiger partial charge in [0.1, 0.15) is 16.7 Å². The van der Waals surface area contributed by atoms with Crippen LogP contribution in [-0.4, -0.2) is 62.6 Å². The molecule has 0 aliphatic carbocycles. The van der Waals surface area contributed by atoms with E-state index in [1.807, 2.05) is 12.1 Å². The second-order valence-corrected chi connectivity index (χ2v) is 12.3. The van der Waals surface area contributed by atoms with Gasteiger partial charge in [-0.3, -0.25) is 4.90 Å². The van der Waals surface area contributed by atoms with E-state index in [1.54, 1.807) is 49.1 Å². The fourth-order valence-corrected chi connectivity index (χ4v) is 7.48. The highest BCUT2D eigenvalue weighted by Crippen LogP contribution is 2.42. The minimum atomic E-state index is -4.01. The van der Waals surface area contributed by atoms with E-state index in [0.717, 1.165) is 18.4 Å². The van der Waals surface area contributed by atoms with Crippen molar-refractivity contribution >= 4 is 15.9 Å². The number of halogens is 3. The van der Waals surface area contributed by atoms with Gasteiger partial charge in [-0.05, 0) is 80.8 Å². The van der Waals surface area contributed by atoms with Crippen LogP contribution in [0.4, 0.5) is 13.2 Å². The summed E-state index contributed by atoms with van der Waals surface area (Å²) in [5.74, 6) is -0.687. The number of aliphatic hydroxyl groups excluding tert-OH is 1. The lowest BCUT2D eigenvalue weighted by atomic mass is 9.88. The summed E-state index contributed by atoms with van der Waals surface area (Å²) in [6.45, 7) is 4.21. The highest BCUT2D eigenvalue weighted by molar-refractivity contribution is 7.90. The second-order valence-electron chi connectivity index (χ2n) is 10.7. The van der Waals surface area contributed by atoms with Crippen LogP contribution >= 0.6 is 0 Å². The molecule has 1 N–H and O–H groups in total. The van der Waals surface area contributed by atoms with E-state index in [-0.39, 0.29) is 37.8 Å². The molecule has 4 rings (SSSR count). The van der Waals surface area contributed by atoms with Crippen molar-refractivity contribution < 1.29 is 31.4 Å². The highest BCUT2D eigenvalue weighted by atomic mass is 32.2. The number of benzene rings is 2. The molecule has 208 valence electrons. The number of likely N-dealkylation sites (tertiary alicyclic amines) is 1. The molecule has 10 heteroatoms. The van der Waals surface area contributed by atoms with Gasteiger partial charge in [-0.2, -0.15) is 0 Å². The van der Waals surface area contributed by atoms with Gasteiger partial charge in [-0.15, -0.1) is 4.40 Å². The van der Waals surface area contributed by atoms with Crippen LogP contribution in [0.25, 0.3) is 0 Å². The second kappa shape index (κ2) is 11.8. The Morgan fingerprint density at radius 1 is 1.08 bits per heavy atom. The molecule has 0 spiro atoms. The van der Waals surface area contributed by atoms with Crippen molar-refractivity contribution in [1.82, 2.24) is 4.90 Å². The molecule has 2 aliphatic heterocycles. The van der Waals surface area contributed by atoms with E-state index in [4.69, 9.17) is 4.74 Å². The number of nitrogens with zero attached hydrogens (tertiary/aromatic N) is 2. The average Bonchev–Trinajstić information content (AvgIpc) is 2.83. The summed E-state index contributed by atoms with van der Waals surface area (Å²) < 4.78 is 76.7. The zero-order valence-electron chi connectivity index (χ0n) is 21.7. The first kappa shape index (κ1) is 28.6. The van der Waals surface area contributed by atoms with E-state index >= 15 is 0 Å². The maximum absolute atomic E-state index is 14.4. The molecular weight excluding hydrogens is 517 g/mol. The van der Waals surface area contributed by atoms with Crippen LogP contribution in [0.15, 0.2) is 52.9 Å². The monoisotopic (exact) mass is 552 g/mol. The minimum absolute atomic E-state index is 0.000121. The number of hydrogen-bond donors (Lipinski definition) is 1. The summed E-state index contributed by atoms with van der Waals surface area (Å²) in [7, 11) is -4.01. The highest BCUT2D eigenvalue weighted by Gasteiger charge is 2.47. The molecule has 2 aromatic rings. The number of sulfonamides is 1. The van der Waals surface area contributed by atoms with Crippen LogP contribution in [0.5, 0.6) is 0 Å². The summed E-state index contributed by atoms with van der Waals surface area (Å²) in [5.41, 5.74) is 0.841. The molecule has 38 heavy (non-hydrogen) atoms. The zero-order chi connectivity index (χ0) is 27.5. The Kier molecular flexibility index (Phi) is 8.84. The molecule has 2 aromatic carbocycles. The molecule has 6 nitrogen and oxygen atoms in total. The van der Waals surface area contributed by atoms with Gasteiger partial charge in [-0.25, -0.2) is 21.6 Å². The maximum atomic E-state index is 14.4.